The molecule has 0 fully saturated rings. The maximum Gasteiger partial charge on any atom is 0.121 e. The molecular formula is C15H14ClN3OS. The molecule has 0 spiro atoms. The van der Waals surface area contributed by atoms with Gasteiger partial charge < -0.3 is 10.1 Å². The minimum Gasteiger partial charge on any atom is -0.497 e. The van der Waals surface area contributed by atoms with Gasteiger partial charge in [-0.15, -0.1) is 11.3 Å². The first kappa shape index (κ1) is 14.0. The fraction of sp³-hybridized carbons (Fsp3) is 0.133. The number of halogens is 1. The number of thiophene rings is 1. The zero-order valence-electron chi connectivity index (χ0n) is 11.4. The molecule has 0 unspecified atom stereocenters. The Bertz CT molecular complexity index is 724. The number of benzene rings is 1. The number of hydrogen-bond donors (Lipinski definition) is 2. The van der Waals surface area contributed by atoms with Crippen molar-refractivity contribution < 1.29 is 4.74 Å². The smallest absolute Gasteiger partial charge is 0.121 e. The van der Waals surface area contributed by atoms with Gasteiger partial charge in [0.1, 0.15) is 5.75 Å². The molecule has 2 heterocycles. The van der Waals surface area contributed by atoms with E-state index in [4.69, 9.17) is 16.3 Å². The second-order valence-corrected chi connectivity index (χ2v) is 5.80. The van der Waals surface area contributed by atoms with Crippen LogP contribution in [0.5, 0.6) is 5.75 Å². The van der Waals surface area contributed by atoms with Crippen LogP contribution in [0.2, 0.25) is 5.02 Å². The maximum atomic E-state index is 6.19. The van der Waals surface area contributed by atoms with Crippen molar-refractivity contribution in [3.8, 4) is 16.3 Å². The summed E-state index contributed by atoms with van der Waals surface area (Å²) >= 11 is 7.87. The lowest BCUT2D eigenvalue weighted by Crippen LogP contribution is -2.00. The van der Waals surface area contributed by atoms with Gasteiger partial charge in [-0.1, -0.05) is 17.7 Å². The fourth-order valence-corrected chi connectivity index (χ4v) is 2.98. The second-order valence-electron chi connectivity index (χ2n) is 4.45. The Morgan fingerprint density at radius 2 is 2.29 bits per heavy atom. The maximum absolute atomic E-state index is 6.19. The molecule has 2 N–H and O–H groups in total. The fourth-order valence-electron chi connectivity index (χ4n) is 2.04. The molecule has 0 aliphatic rings. The van der Waals surface area contributed by atoms with E-state index in [1.807, 2.05) is 35.8 Å². The molecule has 0 saturated carbocycles. The molecule has 4 nitrogen and oxygen atoms in total. The number of H-pyrrole nitrogens is 1. The predicted molar refractivity (Wildman–Crippen MR) is 87.2 cm³/mol. The molecular weight excluding hydrogens is 306 g/mol. The summed E-state index contributed by atoms with van der Waals surface area (Å²) in [6, 6.07) is 9.63. The molecule has 2 aromatic heterocycles. The van der Waals surface area contributed by atoms with Crippen LogP contribution in [0.4, 0.5) is 5.69 Å². The van der Waals surface area contributed by atoms with Crippen molar-refractivity contribution in [2.45, 2.75) is 6.54 Å². The van der Waals surface area contributed by atoms with Crippen molar-refractivity contribution in [3.05, 3.63) is 52.5 Å². The zero-order valence-corrected chi connectivity index (χ0v) is 13.0. The third-order valence-electron chi connectivity index (χ3n) is 3.13. The highest BCUT2D eigenvalue weighted by Crippen LogP contribution is 2.29. The molecule has 0 amide bonds. The van der Waals surface area contributed by atoms with Crippen LogP contribution in [-0.2, 0) is 6.54 Å². The number of rotatable bonds is 5. The SMILES string of the molecule is COc1ccc(Cl)c(NCc2cn[nH]c2-c2cccs2)c1. The van der Waals surface area contributed by atoms with E-state index in [2.05, 4.69) is 21.6 Å². The monoisotopic (exact) mass is 319 g/mol. The highest BCUT2D eigenvalue weighted by molar-refractivity contribution is 7.13. The molecule has 3 aromatic rings. The van der Waals surface area contributed by atoms with Gasteiger partial charge in [-0.2, -0.15) is 5.10 Å². The van der Waals surface area contributed by atoms with Gasteiger partial charge in [0.05, 0.1) is 34.6 Å². The Morgan fingerprint density at radius 1 is 1.38 bits per heavy atom. The molecule has 0 atom stereocenters. The van der Waals surface area contributed by atoms with E-state index in [0.717, 1.165) is 22.7 Å². The molecule has 0 saturated heterocycles. The predicted octanol–water partition coefficient (Wildman–Crippen LogP) is 4.41. The van der Waals surface area contributed by atoms with Crippen molar-refractivity contribution in [1.82, 2.24) is 10.2 Å². The summed E-state index contributed by atoms with van der Waals surface area (Å²) in [5, 5.41) is 13.2. The van der Waals surface area contributed by atoms with Crippen LogP contribution in [0.1, 0.15) is 5.56 Å². The van der Waals surface area contributed by atoms with E-state index in [1.165, 1.54) is 4.88 Å². The van der Waals surface area contributed by atoms with Crippen LogP contribution in [0.3, 0.4) is 0 Å². The van der Waals surface area contributed by atoms with Crippen LogP contribution in [0.15, 0.2) is 41.9 Å². The molecule has 6 heteroatoms. The summed E-state index contributed by atoms with van der Waals surface area (Å²) in [5.74, 6) is 0.771. The van der Waals surface area contributed by atoms with Gasteiger partial charge in [0, 0.05) is 18.2 Å². The zero-order chi connectivity index (χ0) is 14.7. The Labute approximate surface area is 131 Å². The van der Waals surface area contributed by atoms with Crippen LogP contribution in [0, 0.1) is 0 Å². The van der Waals surface area contributed by atoms with Gasteiger partial charge in [-0.3, -0.25) is 5.10 Å². The number of aromatic nitrogens is 2. The average Bonchev–Trinajstić information content (AvgIpc) is 3.17. The minimum absolute atomic E-state index is 0.636. The number of aromatic amines is 1. The lowest BCUT2D eigenvalue weighted by atomic mass is 10.2. The van der Waals surface area contributed by atoms with Gasteiger partial charge in [0.15, 0.2) is 0 Å². The van der Waals surface area contributed by atoms with Crippen LogP contribution in [-0.4, -0.2) is 17.3 Å². The van der Waals surface area contributed by atoms with Gasteiger partial charge in [-0.25, -0.2) is 0 Å². The van der Waals surface area contributed by atoms with E-state index in [-0.39, 0.29) is 0 Å². The van der Waals surface area contributed by atoms with Gasteiger partial charge in [0.25, 0.3) is 0 Å². The lowest BCUT2D eigenvalue weighted by molar-refractivity contribution is 0.415. The molecule has 21 heavy (non-hydrogen) atoms. The van der Waals surface area contributed by atoms with Crippen molar-refractivity contribution in [2.75, 3.05) is 12.4 Å². The van der Waals surface area contributed by atoms with Crippen LogP contribution >= 0.6 is 22.9 Å². The largest absolute Gasteiger partial charge is 0.497 e. The first-order chi connectivity index (χ1) is 10.3. The second kappa shape index (κ2) is 6.20. The molecule has 1 aromatic carbocycles. The summed E-state index contributed by atoms with van der Waals surface area (Å²) < 4.78 is 5.21. The van der Waals surface area contributed by atoms with Gasteiger partial charge in [0.2, 0.25) is 0 Å². The number of anilines is 1. The summed E-state index contributed by atoms with van der Waals surface area (Å²) in [5.41, 5.74) is 2.97. The highest BCUT2D eigenvalue weighted by atomic mass is 35.5. The quantitative estimate of drug-likeness (QED) is 0.732. The standard InChI is InChI=1S/C15H14ClN3OS/c1-20-11-4-5-12(16)13(7-11)17-8-10-9-18-19-15(10)14-3-2-6-21-14/h2-7,9,17H,8H2,1H3,(H,18,19). The van der Waals surface area contributed by atoms with Crippen molar-refractivity contribution in [2.24, 2.45) is 0 Å². The summed E-state index contributed by atoms with van der Waals surface area (Å²) in [6.45, 7) is 0.636. The van der Waals surface area contributed by atoms with E-state index in [9.17, 15) is 0 Å². The molecule has 0 aliphatic carbocycles. The highest BCUT2D eigenvalue weighted by Gasteiger charge is 2.09. The van der Waals surface area contributed by atoms with E-state index in [1.54, 1.807) is 18.4 Å². The Morgan fingerprint density at radius 3 is 3.05 bits per heavy atom. The molecule has 0 aliphatic heterocycles. The number of nitrogens with one attached hydrogen (secondary N) is 2. The number of nitrogens with zero attached hydrogens (tertiary/aromatic N) is 1. The third kappa shape index (κ3) is 3.04. The third-order valence-corrected chi connectivity index (χ3v) is 4.35. The number of methoxy groups -OCH3 is 1. The van der Waals surface area contributed by atoms with E-state index < -0.39 is 0 Å². The molecule has 3 rings (SSSR count). The Balaban J connectivity index is 1.78. The number of hydrogen-bond acceptors (Lipinski definition) is 4. The molecule has 0 bridgehead atoms. The first-order valence-electron chi connectivity index (χ1n) is 6.41. The summed E-state index contributed by atoms with van der Waals surface area (Å²) in [4.78, 5) is 1.17. The van der Waals surface area contributed by atoms with Crippen molar-refractivity contribution >= 4 is 28.6 Å². The Kier molecular flexibility index (Phi) is 4.13. The Hall–Kier alpha value is -1.98. The van der Waals surface area contributed by atoms with Crippen molar-refractivity contribution in [3.63, 3.8) is 0 Å². The van der Waals surface area contributed by atoms with Gasteiger partial charge in [-0.05, 0) is 23.6 Å². The minimum atomic E-state index is 0.636. The lowest BCUT2D eigenvalue weighted by Gasteiger charge is -2.10. The van der Waals surface area contributed by atoms with Crippen molar-refractivity contribution in [1.29, 1.82) is 0 Å². The molecule has 0 radical (unpaired) electrons. The van der Waals surface area contributed by atoms with E-state index >= 15 is 0 Å². The number of ether oxygens (including phenoxy) is 1. The van der Waals surface area contributed by atoms with E-state index in [0.29, 0.717) is 11.6 Å². The average molecular weight is 320 g/mol. The van der Waals surface area contributed by atoms with Gasteiger partial charge >= 0.3 is 0 Å². The summed E-state index contributed by atoms with van der Waals surface area (Å²) in [6.07, 6.45) is 1.83. The summed E-state index contributed by atoms with van der Waals surface area (Å²) in [7, 11) is 1.64. The van der Waals surface area contributed by atoms with Crippen LogP contribution < -0.4 is 10.1 Å². The first-order valence-corrected chi connectivity index (χ1v) is 7.67. The molecule has 108 valence electrons. The normalized spacial score (nSPS) is 10.6. The van der Waals surface area contributed by atoms with Crippen LogP contribution in [0.25, 0.3) is 10.6 Å². The topological polar surface area (TPSA) is 49.9 Å².